The van der Waals surface area contributed by atoms with E-state index in [1.165, 1.54) is 17.4 Å². The second-order valence-corrected chi connectivity index (χ2v) is 8.17. The highest BCUT2D eigenvalue weighted by Gasteiger charge is 2.34. The number of hydrogen-bond donors (Lipinski definition) is 1. The van der Waals surface area contributed by atoms with Crippen LogP contribution in [0.25, 0.3) is 21.1 Å². The van der Waals surface area contributed by atoms with E-state index in [2.05, 4.69) is 4.98 Å². The van der Waals surface area contributed by atoms with Gasteiger partial charge in [-0.25, -0.2) is 4.98 Å². The predicted molar refractivity (Wildman–Crippen MR) is 107 cm³/mol. The average molecular weight is 439 g/mol. The topological polar surface area (TPSA) is 55.1 Å². The number of nitrogens with zero attached hydrogens (tertiary/aromatic N) is 2. The summed E-state index contributed by atoms with van der Waals surface area (Å²) in [5, 5.41) is 9.85. The van der Waals surface area contributed by atoms with Gasteiger partial charge in [0.2, 0.25) is 0 Å². The number of halogens is 4. The Hall–Kier alpha value is -2.58. The van der Waals surface area contributed by atoms with Gasteiger partial charge in [-0.1, -0.05) is 23.7 Å². The van der Waals surface area contributed by atoms with Crippen LogP contribution in [0.15, 0.2) is 36.4 Å². The van der Waals surface area contributed by atoms with Gasteiger partial charge in [-0.05, 0) is 36.8 Å². The zero-order valence-corrected chi connectivity index (χ0v) is 16.6. The van der Waals surface area contributed by atoms with E-state index in [0.717, 1.165) is 21.3 Å². The molecule has 0 spiro atoms. The molecule has 0 aliphatic heterocycles. The molecule has 1 N–H and O–H groups in total. The van der Waals surface area contributed by atoms with Crippen molar-refractivity contribution in [2.24, 2.45) is 0 Å². The Morgan fingerprint density at radius 2 is 2.00 bits per heavy atom. The van der Waals surface area contributed by atoms with Crippen LogP contribution in [0.3, 0.4) is 0 Å². The van der Waals surface area contributed by atoms with Gasteiger partial charge in [-0.2, -0.15) is 13.2 Å². The Kier molecular flexibility index (Phi) is 4.78. The van der Waals surface area contributed by atoms with Crippen molar-refractivity contribution in [1.29, 1.82) is 0 Å². The fraction of sp³-hybridized carbons (Fsp3) is 0.200. The molecule has 4 aromatic rings. The van der Waals surface area contributed by atoms with E-state index in [0.29, 0.717) is 23.3 Å². The zero-order valence-electron chi connectivity index (χ0n) is 15.0. The van der Waals surface area contributed by atoms with Crippen LogP contribution in [-0.4, -0.2) is 20.6 Å². The number of alkyl halides is 3. The van der Waals surface area contributed by atoms with Crippen LogP contribution < -0.4 is 0 Å². The van der Waals surface area contributed by atoms with Gasteiger partial charge in [0.25, 0.3) is 0 Å². The Balaban J connectivity index is 1.91. The summed E-state index contributed by atoms with van der Waals surface area (Å²) in [6, 6.07) is 9.82. The number of hydrogen-bond acceptors (Lipinski definition) is 3. The first-order chi connectivity index (χ1) is 13.6. The monoisotopic (exact) mass is 438 g/mol. The van der Waals surface area contributed by atoms with Crippen LogP contribution in [0.4, 0.5) is 13.2 Å². The molecule has 0 saturated carbocycles. The van der Waals surface area contributed by atoms with E-state index >= 15 is 0 Å². The minimum Gasteiger partial charge on any atom is -0.481 e. The smallest absolute Gasteiger partial charge is 0.417 e. The third-order valence-corrected chi connectivity index (χ3v) is 6.14. The van der Waals surface area contributed by atoms with Gasteiger partial charge in [-0.15, -0.1) is 11.3 Å². The van der Waals surface area contributed by atoms with Crippen molar-refractivity contribution in [3.63, 3.8) is 0 Å². The molecule has 0 aliphatic rings. The molecule has 0 bridgehead atoms. The SMILES string of the molecule is Cc1c(CC(=O)O)c2cc(C(F)(F)F)c(Cl)cc2n1Cc1nc2ccccc2s1. The largest absolute Gasteiger partial charge is 0.481 e. The number of thiazole rings is 1. The number of rotatable bonds is 4. The van der Waals surface area contributed by atoms with Crippen molar-refractivity contribution < 1.29 is 23.1 Å². The van der Waals surface area contributed by atoms with E-state index in [4.69, 9.17) is 11.6 Å². The maximum atomic E-state index is 13.3. The first-order valence-electron chi connectivity index (χ1n) is 8.60. The molecule has 0 fully saturated rings. The quantitative estimate of drug-likeness (QED) is 0.431. The Morgan fingerprint density at radius 1 is 1.28 bits per heavy atom. The highest BCUT2D eigenvalue weighted by Crippen LogP contribution is 2.39. The standard InChI is InChI=1S/C20H14ClF3N2O2S/c1-10-11(7-19(27)28)12-6-13(20(22,23)24)14(21)8-16(12)26(10)9-18-25-15-4-2-3-5-17(15)29-18/h2-6,8H,7,9H2,1H3,(H,27,28). The minimum absolute atomic E-state index is 0.239. The molecule has 2 aromatic carbocycles. The van der Waals surface area contributed by atoms with Gasteiger partial charge in [0.1, 0.15) is 5.01 Å². The van der Waals surface area contributed by atoms with E-state index in [9.17, 15) is 23.1 Å². The Labute approximate surface area is 172 Å². The first-order valence-corrected chi connectivity index (χ1v) is 9.79. The molecular formula is C20H14ClF3N2O2S. The van der Waals surface area contributed by atoms with Crippen molar-refractivity contribution in [3.05, 3.63) is 63.2 Å². The van der Waals surface area contributed by atoms with Crippen molar-refractivity contribution in [2.45, 2.75) is 26.1 Å². The summed E-state index contributed by atoms with van der Waals surface area (Å²) in [7, 11) is 0. The van der Waals surface area contributed by atoms with Crippen LogP contribution in [0.5, 0.6) is 0 Å². The molecule has 0 amide bonds. The summed E-state index contributed by atoms with van der Waals surface area (Å²) in [5.74, 6) is -1.12. The lowest BCUT2D eigenvalue weighted by Crippen LogP contribution is -2.06. The molecule has 0 saturated heterocycles. The number of para-hydroxylation sites is 1. The fourth-order valence-electron chi connectivity index (χ4n) is 3.48. The second-order valence-electron chi connectivity index (χ2n) is 6.64. The van der Waals surface area contributed by atoms with Gasteiger partial charge in [0, 0.05) is 11.1 Å². The number of aliphatic carboxylic acids is 1. The molecule has 4 nitrogen and oxygen atoms in total. The molecule has 0 radical (unpaired) electrons. The highest BCUT2D eigenvalue weighted by molar-refractivity contribution is 7.18. The summed E-state index contributed by atoms with van der Waals surface area (Å²) in [5.41, 5.74) is 1.24. The van der Waals surface area contributed by atoms with Crippen LogP contribution in [-0.2, 0) is 23.9 Å². The van der Waals surface area contributed by atoms with Crippen molar-refractivity contribution in [1.82, 2.24) is 9.55 Å². The van der Waals surface area contributed by atoms with Crippen molar-refractivity contribution in [2.75, 3.05) is 0 Å². The molecule has 0 atom stereocenters. The summed E-state index contributed by atoms with van der Waals surface area (Å²) >= 11 is 7.41. The molecule has 4 rings (SSSR count). The maximum Gasteiger partial charge on any atom is 0.417 e. The third-order valence-electron chi connectivity index (χ3n) is 4.81. The van der Waals surface area contributed by atoms with Crippen LogP contribution in [0, 0.1) is 6.92 Å². The van der Waals surface area contributed by atoms with Crippen LogP contribution in [0.2, 0.25) is 5.02 Å². The van der Waals surface area contributed by atoms with E-state index in [-0.39, 0.29) is 11.8 Å². The molecule has 150 valence electrons. The third kappa shape index (κ3) is 3.58. The molecular weight excluding hydrogens is 425 g/mol. The number of fused-ring (bicyclic) bond motifs is 2. The molecule has 9 heteroatoms. The molecule has 0 unspecified atom stereocenters. The lowest BCUT2D eigenvalue weighted by molar-refractivity contribution is -0.137. The van der Waals surface area contributed by atoms with Crippen molar-refractivity contribution >= 4 is 50.0 Å². The lowest BCUT2D eigenvalue weighted by atomic mass is 10.1. The van der Waals surface area contributed by atoms with Gasteiger partial charge < -0.3 is 9.67 Å². The average Bonchev–Trinajstić information content (AvgIpc) is 3.14. The van der Waals surface area contributed by atoms with E-state index in [1.807, 2.05) is 24.3 Å². The van der Waals surface area contributed by atoms with Gasteiger partial charge in [0.15, 0.2) is 0 Å². The normalized spacial score (nSPS) is 12.2. The second kappa shape index (κ2) is 7.03. The van der Waals surface area contributed by atoms with E-state index in [1.54, 1.807) is 11.5 Å². The summed E-state index contributed by atoms with van der Waals surface area (Å²) in [4.78, 5) is 15.9. The number of aromatic nitrogens is 2. The van der Waals surface area contributed by atoms with Gasteiger partial charge in [-0.3, -0.25) is 4.79 Å². The number of carboxylic acids is 1. The Bertz CT molecular complexity index is 1230. The minimum atomic E-state index is -4.63. The summed E-state index contributed by atoms with van der Waals surface area (Å²) in [6.07, 6.45) is -5.01. The molecule has 0 aliphatic carbocycles. The van der Waals surface area contributed by atoms with E-state index < -0.39 is 22.7 Å². The summed E-state index contributed by atoms with van der Waals surface area (Å²) < 4.78 is 42.8. The first kappa shape index (κ1) is 19.7. The molecule has 29 heavy (non-hydrogen) atoms. The number of carboxylic acid groups (broad SMARTS) is 1. The Morgan fingerprint density at radius 3 is 2.66 bits per heavy atom. The van der Waals surface area contributed by atoms with Crippen LogP contribution in [0.1, 0.15) is 21.8 Å². The summed E-state index contributed by atoms with van der Waals surface area (Å²) in [6.45, 7) is 2.01. The molecule has 2 aromatic heterocycles. The zero-order chi connectivity index (χ0) is 20.9. The molecule has 2 heterocycles. The maximum absolute atomic E-state index is 13.3. The number of benzene rings is 2. The number of carbonyl (C=O) groups is 1. The highest BCUT2D eigenvalue weighted by atomic mass is 35.5. The van der Waals surface area contributed by atoms with Crippen molar-refractivity contribution in [3.8, 4) is 0 Å². The van der Waals surface area contributed by atoms with Gasteiger partial charge >= 0.3 is 12.1 Å². The van der Waals surface area contributed by atoms with Gasteiger partial charge in [0.05, 0.1) is 39.3 Å². The lowest BCUT2D eigenvalue weighted by Gasteiger charge is -2.11. The van der Waals surface area contributed by atoms with Crippen LogP contribution >= 0.6 is 22.9 Å². The predicted octanol–water partition coefficient (Wildman–Crippen LogP) is 5.91. The fourth-order valence-corrected chi connectivity index (χ4v) is 4.71.